The Bertz CT molecular complexity index is 1260. The molecule has 0 radical (unpaired) electrons. The first kappa shape index (κ1) is 30.9. The largest absolute Gasteiger partial charge is 0.493 e. The molecule has 13 nitrogen and oxygen atoms in total. The maximum absolute atomic E-state index is 12.6. The lowest BCUT2D eigenvalue weighted by atomic mass is 9.97. The highest BCUT2D eigenvalue weighted by Gasteiger charge is 2.56. The lowest BCUT2D eigenvalue weighted by Crippen LogP contribution is -2.64. The summed E-state index contributed by atoms with van der Waals surface area (Å²) in [4.78, 5) is 61.0. The quantitative estimate of drug-likeness (QED) is 0.300. The van der Waals surface area contributed by atoms with E-state index in [4.69, 9.17) is 37.9 Å². The van der Waals surface area contributed by atoms with Crippen molar-refractivity contribution in [1.82, 2.24) is 0 Å². The first-order chi connectivity index (χ1) is 19.5. The third-order valence-corrected chi connectivity index (χ3v) is 5.69. The molecule has 2 aromatic carbocycles. The summed E-state index contributed by atoms with van der Waals surface area (Å²) in [5.41, 5.74) is 0.944. The lowest BCUT2D eigenvalue weighted by molar-refractivity contribution is -0.282. The number of carbonyl (C=O) groups excluding carboxylic acids is 5. The van der Waals surface area contributed by atoms with E-state index in [1.54, 1.807) is 0 Å². The molecule has 0 N–H and O–H groups in total. The Kier molecular flexibility index (Phi) is 10.6. The molecule has 0 aromatic heterocycles. The van der Waals surface area contributed by atoms with E-state index >= 15 is 0 Å². The number of benzene rings is 2. The Hall–Kier alpha value is -4.65. The number of carbonyl (C=O) groups is 5. The van der Waals surface area contributed by atoms with E-state index in [-0.39, 0.29) is 23.7 Å². The molecule has 13 heteroatoms. The number of ether oxygens (including phenoxy) is 8. The lowest BCUT2D eigenvalue weighted by Gasteiger charge is -2.43. The first-order valence-electron chi connectivity index (χ1n) is 12.3. The summed E-state index contributed by atoms with van der Waals surface area (Å²) in [5, 5.41) is 0. The molecule has 0 spiro atoms. The van der Waals surface area contributed by atoms with Gasteiger partial charge in [0.05, 0.1) is 19.8 Å². The smallest absolute Gasteiger partial charge is 0.339 e. The van der Waals surface area contributed by atoms with Gasteiger partial charge in [0, 0.05) is 20.8 Å². The predicted molar refractivity (Wildman–Crippen MR) is 137 cm³/mol. The third kappa shape index (κ3) is 8.18. The van der Waals surface area contributed by atoms with E-state index in [0.717, 1.165) is 33.4 Å². The highest BCUT2D eigenvalue weighted by Crippen LogP contribution is 2.35. The van der Waals surface area contributed by atoms with Crippen LogP contribution in [-0.2, 0) is 54.2 Å². The molecule has 1 saturated heterocycles. The van der Waals surface area contributed by atoms with Gasteiger partial charge in [-0.2, -0.15) is 0 Å². The van der Waals surface area contributed by atoms with Crippen LogP contribution in [0.25, 0.3) is 0 Å². The van der Waals surface area contributed by atoms with E-state index in [9.17, 15) is 24.0 Å². The number of methoxy groups -OCH3 is 2. The summed E-state index contributed by atoms with van der Waals surface area (Å²) >= 11 is 0. The maximum atomic E-state index is 12.6. The van der Waals surface area contributed by atoms with Crippen LogP contribution in [0.4, 0.5) is 0 Å². The van der Waals surface area contributed by atoms with Crippen molar-refractivity contribution < 1.29 is 61.9 Å². The number of hydrogen-bond acceptors (Lipinski definition) is 13. The zero-order valence-corrected chi connectivity index (χ0v) is 23.0. The van der Waals surface area contributed by atoms with Crippen LogP contribution in [0, 0.1) is 0 Å². The molecule has 1 fully saturated rings. The van der Waals surface area contributed by atoms with Gasteiger partial charge >= 0.3 is 29.8 Å². The minimum atomic E-state index is -1.64. The summed E-state index contributed by atoms with van der Waals surface area (Å²) in [5.74, 6) is -4.02. The minimum absolute atomic E-state index is 0.00499. The molecule has 0 unspecified atom stereocenters. The van der Waals surface area contributed by atoms with Gasteiger partial charge in [-0.25, -0.2) is 9.59 Å². The summed E-state index contributed by atoms with van der Waals surface area (Å²) in [6.45, 7) is 3.29. The molecule has 0 saturated carbocycles. The van der Waals surface area contributed by atoms with Gasteiger partial charge in [-0.3, -0.25) is 14.4 Å². The number of esters is 5. The molecular formula is C28H30O13. The van der Waals surface area contributed by atoms with E-state index in [2.05, 4.69) is 0 Å². The van der Waals surface area contributed by atoms with Gasteiger partial charge in [-0.1, -0.05) is 30.3 Å². The summed E-state index contributed by atoms with van der Waals surface area (Å²) < 4.78 is 43.1. The molecular weight excluding hydrogens is 544 g/mol. The summed E-state index contributed by atoms with van der Waals surface area (Å²) in [6, 6.07) is 13.2. The van der Waals surface area contributed by atoms with Crippen molar-refractivity contribution in [2.45, 2.75) is 58.1 Å². The average Bonchev–Trinajstić information content (AvgIpc) is 2.94. The zero-order chi connectivity index (χ0) is 30.1. The van der Waals surface area contributed by atoms with Crippen molar-refractivity contribution in [3.05, 3.63) is 59.7 Å². The SMILES string of the molecule is COC(=O)[C@H]1O[C@@H](Oc2ccc(C(=O)OCc3ccccc3)cc2OC)[C@H](OC(C)=O)[C@@H](OC(C)=O)[C@@H]1OC(C)=O. The van der Waals surface area contributed by atoms with Crippen LogP contribution in [0.5, 0.6) is 11.5 Å². The fourth-order valence-electron chi connectivity index (χ4n) is 4.00. The zero-order valence-electron chi connectivity index (χ0n) is 23.0. The van der Waals surface area contributed by atoms with Crippen molar-refractivity contribution in [1.29, 1.82) is 0 Å². The molecule has 3 rings (SSSR count). The van der Waals surface area contributed by atoms with Gasteiger partial charge in [0.25, 0.3) is 0 Å². The van der Waals surface area contributed by atoms with Gasteiger partial charge in [-0.15, -0.1) is 0 Å². The number of rotatable bonds is 10. The second kappa shape index (κ2) is 14.1. The van der Waals surface area contributed by atoms with Crippen LogP contribution < -0.4 is 9.47 Å². The molecule has 0 amide bonds. The molecule has 5 atom stereocenters. The van der Waals surface area contributed by atoms with Crippen molar-refractivity contribution in [3.63, 3.8) is 0 Å². The molecule has 1 aliphatic rings. The van der Waals surface area contributed by atoms with E-state index in [0.29, 0.717) is 0 Å². The molecule has 0 bridgehead atoms. The summed E-state index contributed by atoms with van der Waals surface area (Å²) in [7, 11) is 2.40. The summed E-state index contributed by atoms with van der Waals surface area (Å²) in [6.07, 6.45) is -7.81. The fraction of sp³-hybridized carbons (Fsp3) is 0.393. The van der Waals surface area contributed by atoms with Gasteiger partial charge in [0.1, 0.15) is 6.61 Å². The Morgan fingerprint density at radius 1 is 0.756 bits per heavy atom. The van der Waals surface area contributed by atoms with Crippen LogP contribution in [0.2, 0.25) is 0 Å². The minimum Gasteiger partial charge on any atom is -0.493 e. The van der Waals surface area contributed by atoms with Crippen molar-refractivity contribution >= 4 is 29.8 Å². The third-order valence-electron chi connectivity index (χ3n) is 5.69. The Balaban J connectivity index is 1.92. The Morgan fingerprint density at radius 2 is 1.37 bits per heavy atom. The van der Waals surface area contributed by atoms with Gasteiger partial charge < -0.3 is 37.9 Å². The second-order valence-corrected chi connectivity index (χ2v) is 8.72. The average molecular weight is 575 g/mol. The van der Waals surface area contributed by atoms with Crippen molar-refractivity contribution in [3.8, 4) is 11.5 Å². The number of hydrogen-bond donors (Lipinski definition) is 0. The monoisotopic (exact) mass is 574 g/mol. The topological polar surface area (TPSA) is 159 Å². The maximum Gasteiger partial charge on any atom is 0.339 e. The molecule has 1 heterocycles. The Labute approximate surface area is 235 Å². The highest BCUT2D eigenvalue weighted by atomic mass is 16.7. The van der Waals surface area contributed by atoms with Crippen molar-refractivity contribution in [2.24, 2.45) is 0 Å². The first-order valence-corrected chi connectivity index (χ1v) is 12.3. The van der Waals surface area contributed by atoms with Crippen LogP contribution in [0.15, 0.2) is 48.5 Å². The fourth-order valence-corrected chi connectivity index (χ4v) is 4.00. The molecule has 41 heavy (non-hydrogen) atoms. The van der Waals surface area contributed by atoms with Crippen molar-refractivity contribution in [2.75, 3.05) is 14.2 Å². The Morgan fingerprint density at radius 3 is 1.95 bits per heavy atom. The van der Waals surface area contributed by atoms with Gasteiger partial charge in [0.15, 0.2) is 29.8 Å². The van der Waals surface area contributed by atoms with Crippen LogP contribution >= 0.6 is 0 Å². The molecule has 220 valence electrons. The second-order valence-electron chi connectivity index (χ2n) is 8.72. The van der Waals surface area contributed by atoms with Crippen LogP contribution in [0.1, 0.15) is 36.7 Å². The van der Waals surface area contributed by atoms with Gasteiger partial charge in [0.2, 0.25) is 12.4 Å². The molecule has 1 aliphatic heterocycles. The van der Waals surface area contributed by atoms with E-state index in [1.165, 1.54) is 25.3 Å². The molecule has 2 aromatic rings. The highest BCUT2D eigenvalue weighted by molar-refractivity contribution is 5.90. The van der Waals surface area contributed by atoms with Crippen LogP contribution in [-0.4, -0.2) is 74.8 Å². The molecule has 0 aliphatic carbocycles. The van der Waals surface area contributed by atoms with Crippen LogP contribution in [0.3, 0.4) is 0 Å². The van der Waals surface area contributed by atoms with E-state index in [1.807, 2.05) is 30.3 Å². The van der Waals surface area contributed by atoms with Gasteiger partial charge in [-0.05, 0) is 23.8 Å². The van der Waals surface area contributed by atoms with E-state index < -0.39 is 60.6 Å². The standard InChI is InChI=1S/C28H30O13/c1-15(29)37-22-23(38-16(2)30)25(39-17(3)31)28(41-24(22)27(33)35-5)40-20-12-11-19(13-21(20)34-4)26(32)36-14-18-9-7-6-8-10-18/h6-13,22-25,28H,14H2,1-5H3/t22-,23-,24-,25+,28+/m0/s1. The normalized spacial score (nSPS) is 21.5. The predicted octanol–water partition coefficient (Wildman–Crippen LogP) is 2.12.